The van der Waals surface area contributed by atoms with Gasteiger partial charge in [0.1, 0.15) is 11.4 Å². The molecule has 4 rings (SSSR count). The molecule has 0 radical (unpaired) electrons. The molecule has 6 amide bonds. The van der Waals surface area contributed by atoms with Crippen molar-refractivity contribution in [1.29, 1.82) is 0 Å². The number of β-lactam (4-membered cyclic amide) rings is 1. The molecule has 186 valence electrons. The lowest BCUT2D eigenvalue weighted by Gasteiger charge is -2.50. The molecule has 0 bridgehead atoms. The minimum Gasteiger partial charge on any atom is -0.478 e. The minimum absolute atomic E-state index is 0.116. The highest BCUT2D eigenvalue weighted by Crippen LogP contribution is 2.55. The van der Waals surface area contributed by atoms with Gasteiger partial charge in [0.2, 0.25) is 18.5 Å². The van der Waals surface area contributed by atoms with Gasteiger partial charge >= 0.3 is 12.0 Å². The quantitative estimate of drug-likeness (QED) is 0.241. The lowest BCUT2D eigenvalue weighted by atomic mass is 9.88. The van der Waals surface area contributed by atoms with Gasteiger partial charge in [-0.3, -0.25) is 24.1 Å². The van der Waals surface area contributed by atoms with Crippen molar-refractivity contribution in [3.05, 3.63) is 35.9 Å². The number of thioether (sulfide) groups is 1. The number of amides is 6. The van der Waals surface area contributed by atoms with Crippen molar-refractivity contribution in [2.24, 2.45) is 0 Å². The van der Waals surface area contributed by atoms with Crippen molar-refractivity contribution in [1.82, 2.24) is 30.9 Å². The summed E-state index contributed by atoms with van der Waals surface area (Å²) in [7, 11) is 0. The van der Waals surface area contributed by atoms with Crippen LogP contribution in [0.2, 0.25) is 0 Å². The predicted octanol–water partition coefficient (Wildman–Crippen LogP) is -1.17. The van der Waals surface area contributed by atoms with Gasteiger partial charge in [-0.1, -0.05) is 30.3 Å². The lowest BCUT2D eigenvalue weighted by molar-refractivity contribution is -0.177. The molecule has 3 saturated heterocycles. The highest BCUT2D eigenvalue weighted by molar-refractivity contribution is 8.01. The van der Waals surface area contributed by atoms with Gasteiger partial charge in [0.25, 0.3) is 11.8 Å². The van der Waals surface area contributed by atoms with Crippen molar-refractivity contribution in [2.75, 3.05) is 13.1 Å². The van der Waals surface area contributed by atoms with E-state index >= 15 is 0 Å². The Morgan fingerprint density at radius 2 is 1.94 bits per heavy atom. The first-order chi connectivity index (χ1) is 16.6. The van der Waals surface area contributed by atoms with E-state index in [2.05, 4.69) is 16.0 Å². The van der Waals surface area contributed by atoms with Crippen LogP contribution in [-0.4, -0.2) is 91.6 Å². The molecule has 1 aromatic rings. The number of hydrogen-bond acceptors (Lipinski definition) is 7. The molecule has 3 heterocycles. The third kappa shape index (κ3) is 3.55. The van der Waals surface area contributed by atoms with E-state index < -0.39 is 51.7 Å². The van der Waals surface area contributed by atoms with E-state index in [1.165, 1.54) is 0 Å². The van der Waals surface area contributed by atoms with Crippen LogP contribution < -0.4 is 16.0 Å². The molecular formula is C21H24N6O7S. The number of carboxylic acids is 1. The molecule has 4 atom stereocenters. The fourth-order valence-corrected chi connectivity index (χ4v) is 6.42. The summed E-state index contributed by atoms with van der Waals surface area (Å²) in [6.07, 6.45) is 0.688. The zero-order valence-corrected chi connectivity index (χ0v) is 19.7. The molecule has 14 heteroatoms. The molecule has 4 N–H and O–H groups in total. The number of carbonyl (C=O) groups is 6. The third-order valence-corrected chi connectivity index (χ3v) is 8.01. The number of hydrogen-bond donors (Lipinski definition) is 4. The summed E-state index contributed by atoms with van der Waals surface area (Å²) < 4.78 is -1.23. The zero-order chi connectivity index (χ0) is 25.5. The van der Waals surface area contributed by atoms with Crippen LogP contribution in [0, 0.1) is 0 Å². The van der Waals surface area contributed by atoms with E-state index in [1.807, 2.05) is 0 Å². The van der Waals surface area contributed by atoms with Crippen molar-refractivity contribution >= 4 is 48.4 Å². The van der Waals surface area contributed by atoms with Crippen molar-refractivity contribution in [3.8, 4) is 0 Å². The number of rotatable bonds is 9. The van der Waals surface area contributed by atoms with E-state index in [9.17, 15) is 33.9 Å². The summed E-state index contributed by atoms with van der Waals surface area (Å²) in [5.74, 6) is -3.04. The molecule has 13 nitrogen and oxygen atoms in total. The van der Waals surface area contributed by atoms with Gasteiger partial charge in [0.05, 0.1) is 11.3 Å². The van der Waals surface area contributed by atoms with E-state index in [1.54, 1.807) is 44.2 Å². The Hall–Kier alpha value is -3.81. The third-order valence-electron chi connectivity index (χ3n) is 6.40. The largest absolute Gasteiger partial charge is 0.478 e. The molecule has 1 unspecified atom stereocenters. The lowest BCUT2D eigenvalue weighted by Crippen LogP contribution is -2.80. The average molecular weight is 505 g/mol. The van der Waals surface area contributed by atoms with Gasteiger partial charge < -0.3 is 21.1 Å². The molecule has 35 heavy (non-hydrogen) atoms. The number of nitrogens with one attached hydrogen (secondary N) is 3. The smallest absolute Gasteiger partial charge is 0.352 e. The maximum Gasteiger partial charge on any atom is 0.352 e. The van der Waals surface area contributed by atoms with Gasteiger partial charge in [-0.15, -0.1) is 11.8 Å². The predicted molar refractivity (Wildman–Crippen MR) is 121 cm³/mol. The Bertz CT molecular complexity index is 1090. The van der Waals surface area contributed by atoms with Crippen LogP contribution in [0.3, 0.4) is 0 Å². The monoisotopic (exact) mass is 504 g/mol. The highest BCUT2D eigenvalue weighted by atomic mass is 32.2. The summed E-state index contributed by atoms with van der Waals surface area (Å²) in [4.78, 5) is 75.8. The molecule has 3 aliphatic heterocycles. The van der Waals surface area contributed by atoms with Crippen LogP contribution >= 0.6 is 11.8 Å². The number of benzene rings is 1. The van der Waals surface area contributed by atoms with Gasteiger partial charge in [-0.05, 0) is 19.4 Å². The minimum atomic E-state index is -2.19. The fraction of sp³-hybridized carbons (Fsp3) is 0.429. The highest BCUT2D eigenvalue weighted by Gasteiger charge is 2.74. The number of carbonyl (C=O) groups excluding carboxylic acids is 5. The number of nitrogens with zero attached hydrogens (tertiary/aromatic N) is 3. The Balaban J connectivity index is 1.75. The summed E-state index contributed by atoms with van der Waals surface area (Å²) in [5.41, 5.74) is -1.86. The molecule has 0 aliphatic carbocycles. The number of urea groups is 1. The second-order valence-corrected chi connectivity index (χ2v) is 10.4. The Labute approximate surface area is 204 Å². The first-order valence-electron chi connectivity index (χ1n) is 10.7. The first-order valence-corrected chi connectivity index (χ1v) is 11.6. The molecule has 3 fully saturated rings. The second-order valence-electron chi connectivity index (χ2n) is 8.65. The maximum absolute atomic E-state index is 13.8. The molecule has 0 aromatic heterocycles. The molecular weight excluding hydrogens is 480 g/mol. The Morgan fingerprint density at radius 3 is 2.49 bits per heavy atom. The zero-order valence-electron chi connectivity index (χ0n) is 18.8. The molecule has 0 saturated carbocycles. The summed E-state index contributed by atoms with van der Waals surface area (Å²) in [6, 6.07) is 5.18. The van der Waals surface area contributed by atoms with E-state index in [0.717, 1.165) is 26.7 Å². The van der Waals surface area contributed by atoms with Crippen molar-refractivity contribution in [2.45, 2.75) is 41.7 Å². The van der Waals surface area contributed by atoms with Crippen LogP contribution in [0.4, 0.5) is 4.79 Å². The normalized spacial score (nSPS) is 27.3. The SMILES string of the molecule is CC1(C)S[C@@H]2[C@@H](NC=O)C(=O)N2[C@@]1(NC(=O)C(c1ccccc1)N(C=O)N1CCNC1=O)C(=O)O. The van der Waals surface area contributed by atoms with Gasteiger partial charge in [-0.2, -0.15) is 0 Å². The summed E-state index contributed by atoms with van der Waals surface area (Å²) >= 11 is 1.12. The topological polar surface area (TPSA) is 168 Å². The maximum atomic E-state index is 13.8. The summed E-state index contributed by atoms with van der Waals surface area (Å²) in [5, 5.41) is 19.1. The number of aliphatic carboxylic acids is 1. The van der Waals surface area contributed by atoms with E-state index in [4.69, 9.17) is 0 Å². The summed E-state index contributed by atoms with van der Waals surface area (Å²) in [6.45, 7) is 3.51. The van der Waals surface area contributed by atoms with E-state index in [0.29, 0.717) is 18.4 Å². The molecule has 3 aliphatic rings. The Morgan fingerprint density at radius 1 is 1.26 bits per heavy atom. The van der Waals surface area contributed by atoms with Crippen LogP contribution in [0.25, 0.3) is 0 Å². The standard InChI is InChI=1S/C21H24N6O7S/c1-20(2)21(18(32)33,27-16(31)13(23-10-28)17(27)35-20)24-15(30)14(12-6-4-3-5-7-12)26(11-29)25-9-8-22-19(25)34/h3-7,10-11,13-14,17H,8-9H2,1-2H3,(H,22,34)(H,23,28)(H,24,30)(H,32,33)/t13-,14?,17+,21-/m0/s1. The van der Waals surface area contributed by atoms with Crippen LogP contribution in [0.15, 0.2) is 30.3 Å². The van der Waals surface area contributed by atoms with Crippen molar-refractivity contribution < 1.29 is 33.9 Å². The van der Waals surface area contributed by atoms with Gasteiger partial charge in [0.15, 0.2) is 6.04 Å². The van der Waals surface area contributed by atoms with Gasteiger partial charge in [0, 0.05) is 6.54 Å². The molecule has 1 aromatic carbocycles. The van der Waals surface area contributed by atoms with Crippen LogP contribution in [0.5, 0.6) is 0 Å². The molecule has 0 spiro atoms. The Kier molecular flexibility index (Phi) is 6.09. The first kappa shape index (κ1) is 24.3. The van der Waals surface area contributed by atoms with Gasteiger partial charge in [-0.25, -0.2) is 19.6 Å². The van der Waals surface area contributed by atoms with Crippen LogP contribution in [0.1, 0.15) is 25.5 Å². The average Bonchev–Trinajstić information content (AvgIpc) is 3.33. The number of carboxylic acid groups (broad SMARTS) is 1. The second kappa shape index (κ2) is 8.76. The number of hydrazine groups is 1. The fourth-order valence-electron chi connectivity index (χ4n) is 4.72. The number of fused-ring (bicyclic) bond motifs is 1. The van der Waals surface area contributed by atoms with E-state index in [-0.39, 0.29) is 13.1 Å². The van der Waals surface area contributed by atoms with Crippen LogP contribution in [-0.2, 0) is 24.0 Å². The van der Waals surface area contributed by atoms with Crippen molar-refractivity contribution in [3.63, 3.8) is 0 Å².